The maximum absolute atomic E-state index is 13.6. The van der Waals surface area contributed by atoms with E-state index < -0.39 is 17.7 Å². The number of anilines is 2. The predicted octanol–water partition coefficient (Wildman–Crippen LogP) is 5.33. The van der Waals surface area contributed by atoms with Gasteiger partial charge in [-0.05, 0) is 68.8 Å². The fourth-order valence-corrected chi connectivity index (χ4v) is 4.99. The Labute approximate surface area is 228 Å². The van der Waals surface area contributed by atoms with E-state index >= 15 is 0 Å². The van der Waals surface area contributed by atoms with Gasteiger partial charge < -0.3 is 24.2 Å². The molecular formula is C31H32N2O6. The Balaban J connectivity index is 1.69. The number of fused-ring (bicyclic) bond motifs is 1. The first-order valence-electron chi connectivity index (χ1n) is 13.1. The zero-order valence-corrected chi connectivity index (χ0v) is 22.5. The second-order valence-electron chi connectivity index (χ2n) is 9.79. The molecule has 1 saturated heterocycles. The first-order chi connectivity index (χ1) is 18.8. The molecule has 2 aliphatic rings. The van der Waals surface area contributed by atoms with E-state index in [1.54, 1.807) is 48.5 Å². The highest BCUT2D eigenvalue weighted by molar-refractivity contribution is 6.51. The summed E-state index contributed by atoms with van der Waals surface area (Å²) in [4.78, 5) is 30.6. The van der Waals surface area contributed by atoms with E-state index in [2.05, 4.69) is 0 Å². The van der Waals surface area contributed by atoms with Gasteiger partial charge in [0, 0.05) is 24.4 Å². The third-order valence-corrected chi connectivity index (χ3v) is 6.72. The predicted molar refractivity (Wildman–Crippen MR) is 150 cm³/mol. The molecule has 1 N–H and O–H groups in total. The first-order valence-corrected chi connectivity index (χ1v) is 13.1. The summed E-state index contributed by atoms with van der Waals surface area (Å²) in [7, 11) is 1.94. The molecule has 1 amide bonds. The van der Waals surface area contributed by atoms with Crippen molar-refractivity contribution in [3.05, 3.63) is 83.4 Å². The Morgan fingerprint density at radius 1 is 1.05 bits per heavy atom. The molecule has 0 saturated carbocycles. The van der Waals surface area contributed by atoms with Crippen LogP contribution in [0.4, 0.5) is 11.4 Å². The van der Waals surface area contributed by atoms with Crippen LogP contribution in [0.2, 0.25) is 0 Å². The van der Waals surface area contributed by atoms with Crippen LogP contribution < -0.4 is 24.0 Å². The summed E-state index contributed by atoms with van der Waals surface area (Å²) in [6.07, 6.45) is -0.0656. The number of hydrogen-bond acceptors (Lipinski definition) is 7. The second-order valence-corrected chi connectivity index (χ2v) is 9.79. The van der Waals surface area contributed by atoms with E-state index in [1.807, 2.05) is 50.9 Å². The SMILES string of the molecule is CCOc1cccc(N2C(=O)C(=O)/C(=C(\O)c3ccc4c(c3)N(C)CCO4)C2c2cccc(OC(C)C)c2)c1. The average Bonchev–Trinajstić information content (AvgIpc) is 3.18. The minimum absolute atomic E-state index is 0.00263. The number of ketones is 1. The number of aliphatic hydroxyl groups is 1. The lowest BCUT2D eigenvalue weighted by Gasteiger charge is -2.28. The number of aliphatic hydroxyl groups excluding tert-OH is 1. The van der Waals surface area contributed by atoms with Crippen LogP contribution in [0.5, 0.6) is 17.2 Å². The number of amides is 1. The van der Waals surface area contributed by atoms with Gasteiger partial charge in [0.05, 0.1) is 36.6 Å². The molecule has 0 bridgehead atoms. The Hall–Kier alpha value is -4.46. The molecule has 2 aliphatic heterocycles. The standard InChI is InChI=1S/C31H32N2O6/c1-5-37-23-10-7-9-22(18-23)33-28(20-8-6-11-24(16-20)39-19(2)3)27(30(35)31(33)36)29(34)21-12-13-26-25(17-21)32(4)14-15-38-26/h6-13,16-19,28,34H,5,14-15H2,1-4H3/b29-27-. The molecule has 1 fully saturated rings. The number of benzene rings is 3. The van der Waals surface area contributed by atoms with Gasteiger partial charge in [0.1, 0.15) is 29.6 Å². The number of carbonyl (C=O) groups is 2. The van der Waals surface area contributed by atoms with Crippen LogP contribution in [0.15, 0.2) is 72.3 Å². The molecular weight excluding hydrogens is 496 g/mol. The number of carbonyl (C=O) groups excluding carboxylic acids is 2. The smallest absolute Gasteiger partial charge is 0.300 e. The van der Waals surface area contributed by atoms with E-state index in [1.165, 1.54) is 4.90 Å². The summed E-state index contributed by atoms with van der Waals surface area (Å²) in [6.45, 7) is 7.44. The molecule has 0 radical (unpaired) electrons. The van der Waals surface area contributed by atoms with Gasteiger partial charge in [-0.2, -0.15) is 0 Å². The van der Waals surface area contributed by atoms with Crippen molar-refractivity contribution in [2.45, 2.75) is 32.9 Å². The molecule has 39 heavy (non-hydrogen) atoms. The first kappa shape index (κ1) is 26.2. The number of hydrogen-bond donors (Lipinski definition) is 1. The molecule has 0 aromatic heterocycles. The van der Waals surface area contributed by atoms with E-state index in [0.29, 0.717) is 53.8 Å². The lowest BCUT2D eigenvalue weighted by Crippen LogP contribution is -2.29. The average molecular weight is 529 g/mol. The largest absolute Gasteiger partial charge is 0.507 e. The number of likely N-dealkylation sites (N-methyl/N-ethyl adjacent to an activating group) is 1. The van der Waals surface area contributed by atoms with Crippen LogP contribution in [0.1, 0.15) is 37.9 Å². The van der Waals surface area contributed by atoms with Crippen LogP contribution in [-0.4, -0.2) is 49.7 Å². The summed E-state index contributed by atoms with van der Waals surface area (Å²) in [5.41, 5.74) is 2.34. The minimum atomic E-state index is -0.886. The van der Waals surface area contributed by atoms with E-state index in [9.17, 15) is 14.7 Å². The number of Topliss-reactive ketones (excluding diaryl/α,β-unsaturated/α-hetero) is 1. The fraction of sp³-hybridized carbons (Fsp3) is 0.290. The van der Waals surface area contributed by atoms with Crippen LogP contribution in [0.3, 0.4) is 0 Å². The summed E-state index contributed by atoms with van der Waals surface area (Å²) < 4.78 is 17.3. The van der Waals surface area contributed by atoms with Gasteiger partial charge in [-0.3, -0.25) is 14.5 Å². The van der Waals surface area contributed by atoms with Gasteiger partial charge in [-0.1, -0.05) is 18.2 Å². The maximum atomic E-state index is 13.6. The Morgan fingerprint density at radius 3 is 2.59 bits per heavy atom. The maximum Gasteiger partial charge on any atom is 0.300 e. The van der Waals surface area contributed by atoms with Crippen molar-refractivity contribution in [1.82, 2.24) is 0 Å². The molecule has 3 aromatic rings. The van der Waals surface area contributed by atoms with E-state index in [-0.39, 0.29) is 17.4 Å². The Morgan fingerprint density at radius 2 is 1.82 bits per heavy atom. The Bertz CT molecular complexity index is 1450. The summed E-state index contributed by atoms with van der Waals surface area (Å²) >= 11 is 0. The van der Waals surface area contributed by atoms with Crippen LogP contribution in [0, 0.1) is 0 Å². The monoisotopic (exact) mass is 528 g/mol. The van der Waals surface area contributed by atoms with Crippen molar-refractivity contribution < 1.29 is 28.9 Å². The highest BCUT2D eigenvalue weighted by Gasteiger charge is 2.47. The van der Waals surface area contributed by atoms with Gasteiger partial charge in [0.15, 0.2) is 0 Å². The molecule has 0 aliphatic carbocycles. The van der Waals surface area contributed by atoms with Crippen molar-refractivity contribution in [2.24, 2.45) is 0 Å². The topological polar surface area (TPSA) is 88.5 Å². The minimum Gasteiger partial charge on any atom is -0.507 e. The lowest BCUT2D eigenvalue weighted by atomic mass is 9.94. The lowest BCUT2D eigenvalue weighted by molar-refractivity contribution is -0.132. The quantitative estimate of drug-likeness (QED) is 0.252. The van der Waals surface area contributed by atoms with Gasteiger partial charge in [-0.25, -0.2) is 0 Å². The van der Waals surface area contributed by atoms with Crippen LogP contribution >= 0.6 is 0 Å². The van der Waals surface area contributed by atoms with Crippen molar-refractivity contribution in [3.8, 4) is 17.2 Å². The number of nitrogens with zero attached hydrogens (tertiary/aromatic N) is 2. The molecule has 5 rings (SSSR count). The highest BCUT2D eigenvalue weighted by Crippen LogP contribution is 2.44. The van der Waals surface area contributed by atoms with E-state index in [0.717, 1.165) is 5.69 Å². The molecule has 1 unspecified atom stereocenters. The number of ether oxygens (including phenoxy) is 3. The summed E-state index contributed by atoms with van der Waals surface area (Å²) in [5.74, 6) is 0.122. The zero-order valence-electron chi connectivity index (χ0n) is 22.5. The van der Waals surface area contributed by atoms with Crippen molar-refractivity contribution in [3.63, 3.8) is 0 Å². The van der Waals surface area contributed by atoms with E-state index in [4.69, 9.17) is 14.2 Å². The molecule has 8 nitrogen and oxygen atoms in total. The Kier molecular flexibility index (Phi) is 7.19. The van der Waals surface area contributed by atoms with Gasteiger partial charge in [0.2, 0.25) is 0 Å². The zero-order chi connectivity index (χ0) is 27.7. The van der Waals surface area contributed by atoms with Crippen LogP contribution in [0.25, 0.3) is 5.76 Å². The third kappa shape index (κ3) is 5.02. The molecule has 3 aromatic carbocycles. The van der Waals surface area contributed by atoms with Gasteiger partial charge in [0.25, 0.3) is 11.7 Å². The summed E-state index contributed by atoms with van der Waals surface area (Å²) in [5, 5.41) is 11.6. The number of rotatable bonds is 7. The molecule has 8 heteroatoms. The molecule has 1 atom stereocenters. The molecule has 2 heterocycles. The molecule has 0 spiro atoms. The normalized spacial score (nSPS) is 18.2. The van der Waals surface area contributed by atoms with Crippen LogP contribution in [-0.2, 0) is 9.59 Å². The van der Waals surface area contributed by atoms with Crippen molar-refractivity contribution >= 4 is 28.8 Å². The fourth-order valence-electron chi connectivity index (χ4n) is 4.99. The third-order valence-electron chi connectivity index (χ3n) is 6.72. The molecule has 202 valence electrons. The van der Waals surface area contributed by atoms with Gasteiger partial charge in [-0.15, -0.1) is 0 Å². The van der Waals surface area contributed by atoms with Crippen molar-refractivity contribution in [2.75, 3.05) is 36.6 Å². The highest BCUT2D eigenvalue weighted by atomic mass is 16.5. The summed E-state index contributed by atoms with van der Waals surface area (Å²) in [6, 6.07) is 18.7. The van der Waals surface area contributed by atoms with Crippen molar-refractivity contribution in [1.29, 1.82) is 0 Å². The second kappa shape index (κ2) is 10.7. The van der Waals surface area contributed by atoms with Gasteiger partial charge >= 0.3 is 0 Å².